The molecule has 1 heterocycles. The van der Waals surface area contributed by atoms with E-state index in [9.17, 15) is 9.90 Å². The minimum atomic E-state index is -0.142. The number of phenolic OH excluding ortho intramolecular Hbond substituents is 1. The van der Waals surface area contributed by atoms with Gasteiger partial charge in [-0.05, 0) is 67.4 Å². The number of aryl methyl sites for hydroxylation is 1. The summed E-state index contributed by atoms with van der Waals surface area (Å²) < 4.78 is 0. The van der Waals surface area contributed by atoms with Crippen LogP contribution < -0.4 is 0 Å². The van der Waals surface area contributed by atoms with Gasteiger partial charge in [-0.15, -0.1) is 0 Å². The van der Waals surface area contributed by atoms with Crippen molar-refractivity contribution in [2.45, 2.75) is 50.9 Å². The smallest absolute Gasteiger partial charge is 0.133 e. The van der Waals surface area contributed by atoms with Crippen molar-refractivity contribution in [3.8, 4) is 5.75 Å². The van der Waals surface area contributed by atoms with Crippen LogP contribution in [0.3, 0.4) is 0 Å². The number of phenols is 1. The number of carbonyl (C=O) groups is 1. The van der Waals surface area contributed by atoms with E-state index in [4.69, 9.17) is 0 Å². The lowest BCUT2D eigenvalue weighted by Crippen LogP contribution is -2.59. The van der Waals surface area contributed by atoms with Crippen molar-refractivity contribution < 1.29 is 9.90 Å². The Morgan fingerprint density at radius 2 is 1.89 bits per heavy atom. The van der Waals surface area contributed by atoms with Crippen molar-refractivity contribution in [2.24, 2.45) is 5.41 Å². The van der Waals surface area contributed by atoms with E-state index in [1.165, 1.54) is 5.56 Å². The van der Waals surface area contributed by atoms with Gasteiger partial charge in [-0.2, -0.15) is 0 Å². The van der Waals surface area contributed by atoms with Crippen molar-refractivity contribution >= 4 is 5.78 Å². The molecule has 0 unspecified atom stereocenters. The molecule has 28 heavy (non-hydrogen) atoms. The van der Waals surface area contributed by atoms with Crippen molar-refractivity contribution in [1.29, 1.82) is 0 Å². The highest BCUT2D eigenvalue weighted by molar-refractivity contribution is 5.81. The minimum Gasteiger partial charge on any atom is -0.508 e. The highest BCUT2D eigenvalue weighted by Gasteiger charge is 2.55. The SMILES string of the molecule is C[C@]12CCC(=O)C[C@@]1(c1cccc(O)c1)CCN(CCCc1ccccc1)C2. The number of hydrogen-bond donors (Lipinski definition) is 1. The van der Waals surface area contributed by atoms with Gasteiger partial charge in [-0.3, -0.25) is 4.79 Å². The predicted molar refractivity (Wildman–Crippen MR) is 113 cm³/mol. The highest BCUT2D eigenvalue weighted by atomic mass is 16.3. The zero-order valence-electron chi connectivity index (χ0n) is 16.9. The van der Waals surface area contributed by atoms with Crippen LogP contribution in [0, 0.1) is 5.41 Å². The number of fused-ring (bicyclic) bond motifs is 1. The third-order valence-electron chi connectivity index (χ3n) is 7.22. The number of nitrogens with zero attached hydrogens (tertiary/aromatic N) is 1. The Hall–Kier alpha value is -2.13. The first-order chi connectivity index (χ1) is 13.5. The second kappa shape index (κ2) is 7.71. The summed E-state index contributed by atoms with van der Waals surface area (Å²) in [6, 6.07) is 18.4. The topological polar surface area (TPSA) is 40.5 Å². The van der Waals surface area contributed by atoms with Crippen LogP contribution in [-0.4, -0.2) is 35.4 Å². The van der Waals surface area contributed by atoms with Crippen LogP contribution in [0.1, 0.15) is 50.2 Å². The number of Topliss-reactive ketones (excluding diaryl/α,β-unsaturated/α-hetero) is 1. The first-order valence-electron chi connectivity index (χ1n) is 10.6. The molecule has 148 valence electrons. The molecule has 1 saturated heterocycles. The molecule has 0 spiro atoms. The maximum Gasteiger partial charge on any atom is 0.133 e. The Kier molecular flexibility index (Phi) is 5.29. The number of rotatable bonds is 5. The fraction of sp³-hybridized carbons (Fsp3) is 0.480. The molecule has 0 bridgehead atoms. The fourth-order valence-corrected chi connectivity index (χ4v) is 5.58. The number of ketones is 1. The van der Waals surface area contributed by atoms with Crippen LogP contribution >= 0.6 is 0 Å². The molecule has 0 radical (unpaired) electrons. The summed E-state index contributed by atoms with van der Waals surface area (Å²) in [5.41, 5.74) is 2.48. The standard InChI is InChI=1S/C25H31NO2/c1-24-13-12-23(28)18-25(24,21-10-5-11-22(27)17-21)14-16-26(19-24)15-6-9-20-7-3-2-4-8-20/h2-5,7-8,10-11,17,27H,6,9,12-16,18-19H2,1H3/t24-,25-/m1/s1. The largest absolute Gasteiger partial charge is 0.508 e. The van der Waals surface area contributed by atoms with Crippen LogP contribution in [0.15, 0.2) is 54.6 Å². The van der Waals surface area contributed by atoms with Gasteiger partial charge in [0, 0.05) is 24.8 Å². The van der Waals surface area contributed by atoms with Gasteiger partial charge in [-0.1, -0.05) is 49.4 Å². The van der Waals surface area contributed by atoms with Gasteiger partial charge >= 0.3 is 0 Å². The monoisotopic (exact) mass is 377 g/mol. The second-order valence-electron chi connectivity index (χ2n) is 9.02. The molecule has 4 rings (SSSR count). The van der Waals surface area contributed by atoms with Crippen molar-refractivity contribution in [1.82, 2.24) is 4.90 Å². The van der Waals surface area contributed by atoms with Crippen LogP contribution in [0.4, 0.5) is 0 Å². The number of piperidine rings is 1. The van der Waals surface area contributed by atoms with Crippen LogP contribution in [-0.2, 0) is 16.6 Å². The molecule has 2 aliphatic rings. The van der Waals surface area contributed by atoms with Crippen molar-refractivity contribution in [3.05, 3.63) is 65.7 Å². The molecular formula is C25H31NO2. The Labute approximate surface area is 168 Å². The molecule has 0 amide bonds. The summed E-state index contributed by atoms with van der Waals surface area (Å²) in [5.74, 6) is 0.677. The van der Waals surface area contributed by atoms with Gasteiger partial charge in [0.15, 0.2) is 0 Å². The van der Waals surface area contributed by atoms with E-state index in [1.54, 1.807) is 6.07 Å². The van der Waals surface area contributed by atoms with E-state index in [2.05, 4.69) is 48.2 Å². The van der Waals surface area contributed by atoms with E-state index in [0.29, 0.717) is 24.4 Å². The molecular weight excluding hydrogens is 346 g/mol. The molecule has 0 aromatic heterocycles. The van der Waals surface area contributed by atoms with E-state index in [0.717, 1.165) is 50.9 Å². The lowest BCUT2D eigenvalue weighted by Gasteiger charge is -2.57. The van der Waals surface area contributed by atoms with Gasteiger partial charge in [-0.25, -0.2) is 0 Å². The zero-order valence-corrected chi connectivity index (χ0v) is 16.9. The van der Waals surface area contributed by atoms with Crippen LogP contribution in [0.25, 0.3) is 0 Å². The summed E-state index contributed by atoms with van der Waals surface area (Å²) in [7, 11) is 0. The van der Waals surface area contributed by atoms with E-state index in [1.807, 2.05) is 12.1 Å². The quantitative estimate of drug-likeness (QED) is 0.819. The van der Waals surface area contributed by atoms with Crippen molar-refractivity contribution in [3.63, 3.8) is 0 Å². The molecule has 3 heteroatoms. The van der Waals surface area contributed by atoms with E-state index in [-0.39, 0.29) is 10.8 Å². The molecule has 1 aliphatic carbocycles. The molecule has 2 aromatic carbocycles. The lowest BCUT2D eigenvalue weighted by molar-refractivity contribution is -0.129. The fourth-order valence-electron chi connectivity index (χ4n) is 5.58. The first-order valence-corrected chi connectivity index (χ1v) is 10.6. The average molecular weight is 378 g/mol. The average Bonchev–Trinajstić information content (AvgIpc) is 2.69. The maximum absolute atomic E-state index is 12.5. The number of benzene rings is 2. The molecule has 2 aromatic rings. The van der Waals surface area contributed by atoms with Crippen molar-refractivity contribution in [2.75, 3.05) is 19.6 Å². The third kappa shape index (κ3) is 3.60. The Bertz CT molecular complexity index is 833. The van der Waals surface area contributed by atoms with Gasteiger partial charge in [0.25, 0.3) is 0 Å². The van der Waals surface area contributed by atoms with Gasteiger partial charge in [0.2, 0.25) is 0 Å². The first kappa shape index (κ1) is 19.2. The summed E-state index contributed by atoms with van der Waals surface area (Å²) in [4.78, 5) is 15.1. The Balaban J connectivity index is 1.50. The lowest BCUT2D eigenvalue weighted by atomic mass is 9.51. The molecule has 2 atom stereocenters. The van der Waals surface area contributed by atoms with E-state index >= 15 is 0 Å². The number of aromatic hydroxyl groups is 1. The molecule has 2 fully saturated rings. The summed E-state index contributed by atoms with van der Waals surface area (Å²) in [5, 5.41) is 10.1. The number of hydrogen-bond acceptors (Lipinski definition) is 3. The number of carbonyl (C=O) groups excluding carboxylic acids is 1. The number of likely N-dealkylation sites (tertiary alicyclic amines) is 1. The molecule has 3 nitrogen and oxygen atoms in total. The molecule has 1 saturated carbocycles. The maximum atomic E-state index is 12.5. The van der Waals surface area contributed by atoms with Gasteiger partial charge in [0.1, 0.15) is 11.5 Å². The van der Waals surface area contributed by atoms with Gasteiger partial charge in [0.05, 0.1) is 0 Å². The summed E-state index contributed by atoms with van der Waals surface area (Å²) in [6.45, 7) is 5.53. The summed E-state index contributed by atoms with van der Waals surface area (Å²) >= 11 is 0. The molecule has 1 aliphatic heterocycles. The Morgan fingerprint density at radius 1 is 1.07 bits per heavy atom. The molecule has 1 N–H and O–H groups in total. The van der Waals surface area contributed by atoms with Gasteiger partial charge < -0.3 is 10.0 Å². The summed E-state index contributed by atoms with van der Waals surface area (Å²) in [6.07, 6.45) is 5.52. The zero-order chi connectivity index (χ0) is 19.6. The van der Waals surface area contributed by atoms with Crippen LogP contribution in [0.2, 0.25) is 0 Å². The predicted octanol–water partition coefficient (Wildman–Crippen LogP) is 4.73. The Morgan fingerprint density at radius 3 is 2.68 bits per heavy atom. The second-order valence-corrected chi connectivity index (χ2v) is 9.02. The highest BCUT2D eigenvalue weighted by Crippen LogP contribution is 2.56. The third-order valence-corrected chi connectivity index (χ3v) is 7.22. The van der Waals surface area contributed by atoms with Crippen LogP contribution in [0.5, 0.6) is 5.75 Å². The normalized spacial score (nSPS) is 28.1. The van der Waals surface area contributed by atoms with E-state index < -0.39 is 0 Å². The minimum absolute atomic E-state index is 0.0691.